The zero-order valence-electron chi connectivity index (χ0n) is 21.5. The van der Waals surface area contributed by atoms with E-state index < -0.39 is 70.5 Å². The minimum atomic E-state index is -1.89. The number of benzene rings is 2. The topological polar surface area (TPSA) is 143 Å². The average Bonchev–Trinajstić information content (AvgIpc) is 3.51. The van der Waals surface area contributed by atoms with Gasteiger partial charge in [-0.15, -0.1) is 0 Å². The number of rotatable bonds is 3. The number of ether oxygens (including phenoxy) is 3. The number of carbonyl (C=O) groups is 4. The highest BCUT2D eigenvalue weighted by Gasteiger charge is 2.93. The van der Waals surface area contributed by atoms with E-state index >= 15 is 0 Å². The molecule has 6 rings (SSSR count). The van der Waals surface area contributed by atoms with Crippen LogP contribution in [0.3, 0.4) is 0 Å². The molecule has 0 unspecified atom stereocenters. The van der Waals surface area contributed by atoms with Crippen molar-refractivity contribution in [3.05, 3.63) is 65.7 Å². The molecular weight excluding hydrogens is 504 g/mol. The number of nitrogens with zero attached hydrogens (tertiary/aromatic N) is 2. The molecule has 10 nitrogen and oxygen atoms in total. The fourth-order valence-electron chi connectivity index (χ4n) is 7.23. The Morgan fingerprint density at radius 3 is 2.36 bits per heavy atom. The lowest BCUT2D eigenvalue weighted by atomic mass is 9.52. The molecule has 200 valence electrons. The van der Waals surface area contributed by atoms with Gasteiger partial charge in [0.05, 0.1) is 29.2 Å². The molecule has 2 spiro atoms. The Balaban J connectivity index is 1.61. The van der Waals surface area contributed by atoms with Crippen molar-refractivity contribution in [1.29, 1.82) is 5.26 Å². The van der Waals surface area contributed by atoms with Crippen molar-refractivity contribution in [2.45, 2.75) is 57.6 Å². The number of hydrogen-bond donors (Lipinski definition) is 1. The largest absolute Gasteiger partial charge is 0.461 e. The Labute approximate surface area is 224 Å². The van der Waals surface area contributed by atoms with Crippen molar-refractivity contribution in [3.8, 4) is 6.07 Å². The lowest BCUT2D eigenvalue weighted by Gasteiger charge is -2.51. The second kappa shape index (κ2) is 7.90. The molecule has 3 aliphatic heterocycles. The number of hydrogen-bond acceptors (Lipinski definition) is 9. The van der Waals surface area contributed by atoms with Gasteiger partial charge >= 0.3 is 17.9 Å². The number of carbonyl (C=O) groups excluding carboxylic acids is 4. The lowest BCUT2D eigenvalue weighted by Crippen LogP contribution is -2.66. The zero-order chi connectivity index (χ0) is 28.0. The minimum absolute atomic E-state index is 0.151. The van der Waals surface area contributed by atoms with Gasteiger partial charge in [0.1, 0.15) is 16.9 Å². The normalized spacial score (nSPS) is 34.6. The standard InChI is InChI=1S/C29H26N2O8/c1-26(2,3)28(36)13-19-27(14-20(32)37-19)25(35)39-24-29(27,28)21(38-23(34)17-7-5-4-6-8-17)22(33)31(24)18-11-9-16(15-30)10-12-18/h4-12,19,21,24,36H,13-14H2,1-3H3/t19-,21-,24-,27-,28+,29+/m0/s1. The van der Waals surface area contributed by atoms with Crippen molar-refractivity contribution in [2.75, 3.05) is 4.90 Å². The van der Waals surface area contributed by atoms with E-state index in [9.17, 15) is 29.5 Å². The van der Waals surface area contributed by atoms with Gasteiger partial charge in [0.25, 0.3) is 5.91 Å². The van der Waals surface area contributed by atoms with Crippen LogP contribution in [0.5, 0.6) is 0 Å². The SMILES string of the molecule is CC(C)(C)[C@]1(O)C[C@@H]2OC(=O)C[C@@]23C(=O)O[C@@H]2N(c4ccc(C#N)cc4)C(=O)[C@H](OC(=O)c4ccccc4)[C@]213. The fraction of sp³-hybridized carbons (Fsp3) is 0.414. The van der Waals surface area contributed by atoms with E-state index in [-0.39, 0.29) is 17.7 Å². The first-order valence-electron chi connectivity index (χ1n) is 12.6. The van der Waals surface area contributed by atoms with Crippen LogP contribution in [0.2, 0.25) is 0 Å². The first-order chi connectivity index (χ1) is 18.4. The van der Waals surface area contributed by atoms with E-state index in [4.69, 9.17) is 14.2 Å². The number of anilines is 1. The van der Waals surface area contributed by atoms with Crippen molar-refractivity contribution in [1.82, 2.24) is 0 Å². The highest BCUT2D eigenvalue weighted by atomic mass is 16.6. The molecule has 10 heteroatoms. The Kier molecular flexibility index (Phi) is 5.08. The number of amides is 1. The Bertz CT molecular complexity index is 1460. The number of nitriles is 1. The van der Waals surface area contributed by atoms with Crippen LogP contribution in [0.1, 0.15) is 49.5 Å². The Morgan fingerprint density at radius 2 is 1.74 bits per heavy atom. The van der Waals surface area contributed by atoms with E-state index in [0.29, 0.717) is 5.56 Å². The predicted octanol–water partition coefficient (Wildman–Crippen LogP) is 2.48. The van der Waals surface area contributed by atoms with Crippen LogP contribution in [0.25, 0.3) is 0 Å². The third-order valence-electron chi connectivity index (χ3n) is 8.98. The summed E-state index contributed by atoms with van der Waals surface area (Å²) in [4.78, 5) is 55.4. The molecule has 2 aromatic carbocycles. The van der Waals surface area contributed by atoms with E-state index in [0.717, 1.165) is 0 Å². The third kappa shape index (κ3) is 2.88. The van der Waals surface area contributed by atoms with Crippen molar-refractivity contribution in [2.24, 2.45) is 16.2 Å². The van der Waals surface area contributed by atoms with Crippen LogP contribution in [0.4, 0.5) is 5.69 Å². The first kappa shape index (κ1) is 25.1. The average molecular weight is 531 g/mol. The zero-order valence-corrected chi connectivity index (χ0v) is 21.5. The molecule has 1 amide bonds. The van der Waals surface area contributed by atoms with Crippen molar-refractivity contribution >= 4 is 29.5 Å². The van der Waals surface area contributed by atoms with Gasteiger partial charge in [0.15, 0.2) is 12.3 Å². The molecule has 1 aliphatic carbocycles. The molecule has 3 saturated heterocycles. The van der Waals surface area contributed by atoms with Crippen LogP contribution in [0, 0.1) is 27.6 Å². The van der Waals surface area contributed by atoms with Crippen LogP contribution in [0.15, 0.2) is 54.6 Å². The summed E-state index contributed by atoms with van der Waals surface area (Å²) in [5, 5.41) is 21.9. The van der Waals surface area contributed by atoms with Crippen LogP contribution in [-0.2, 0) is 28.6 Å². The maximum Gasteiger partial charge on any atom is 0.338 e. The molecule has 39 heavy (non-hydrogen) atoms. The van der Waals surface area contributed by atoms with Gasteiger partial charge in [-0.3, -0.25) is 19.3 Å². The van der Waals surface area contributed by atoms with Gasteiger partial charge in [-0.1, -0.05) is 39.0 Å². The molecule has 0 aromatic heterocycles. The molecule has 6 atom stereocenters. The lowest BCUT2D eigenvalue weighted by molar-refractivity contribution is -0.204. The van der Waals surface area contributed by atoms with E-state index in [1.807, 2.05) is 6.07 Å². The van der Waals surface area contributed by atoms with E-state index in [2.05, 4.69) is 0 Å². The predicted molar refractivity (Wildman–Crippen MR) is 133 cm³/mol. The quantitative estimate of drug-likeness (QED) is 0.468. The molecule has 3 heterocycles. The van der Waals surface area contributed by atoms with Crippen LogP contribution >= 0.6 is 0 Å². The molecule has 0 bridgehead atoms. The molecule has 1 N–H and O–H groups in total. The smallest absolute Gasteiger partial charge is 0.338 e. The summed E-state index contributed by atoms with van der Waals surface area (Å²) in [6.07, 6.45) is -4.77. The van der Waals surface area contributed by atoms with Gasteiger partial charge in [0, 0.05) is 12.1 Å². The van der Waals surface area contributed by atoms with Gasteiger partial charge in [-0.25, -0.2) is 4.79 Å². The van der Waals surface area contributed by atoms with Crippen LogP contribution in [-0.4, -0.2) is 53.0 Å². The third-order valence-corrected chi connectivity index (χ3v) is 8.98. The summed E-state index contributed by atoms with van der Waals surface area (Å²) in [5.74, 6) is -3.01. The highest BCUT2D eigenvalue weighted by Crippen LogP contribution is 2.76. The minimum Gasteiger partial charge on any atom is -0.461 e. The summed E-state index contributed by atoms with van der Waals surface area (Å²) in [6, 6.07) is 16.1. The summed E-state index contributed by atoms with van der Waals surface area (Å²) < 4.78 is 17.5. The number of esters is 3. The molecular formula is C29H26N2O8. The second-order valence-corrected chi connectivity index (χ2v) is 11.6. The van der Waals surface area contributed by atoms with Crippen molar-refractivity contribution in [3.63, 3.8) is 0 Å². The van der Waals surface area contributed by atoms with Gasteiger partial charge in [0.2, 0.25) is 0 Å². The van der Waals surface area contributed by atoms with E-state index in [1.54, 1.807) is 39.0 Å². The summed E-state index contributed by atoms with van der Waals surface area (Å²) in [5.41, 5.74) is -5.72. The van der Waals surface area contributed by atoms with Gasteiger partial charge < -0.3 is 19.3 Å². The summed E-state index contributed by atoms with van der Waals surface area (Å²) in [6.45, 7) is 5.26. The maximum absolute atomic E-state index is 14.3. The molecule has 0 radical (unpaired) electrons. The van der Waals surface area contributed by atoms with Crippen molar-refractivity contribution < 1.29 is 38.5 Å². The Hall–Kier alpha value is -4.23. The summed E-state index contributed by atoms with van der Waals surface area (Å²) in [7, 11) is 0. The first-order valence-corrected chi connectivity index (χ1v) is 12.6. The van der Waals surface area contributed by atoms with Gasteiger partial charge in [-0.05, 0) is 41.8 Å². The molecule has 2 aromatic rings. The monoisotopic (exact) mass is 530 g/mol. The maximum atomic E-state index is 14.3. The van der Waals surface area contributed by atoms with Gasteiger partial charge in [-0.2, -0.15) is 5.26 Å². The highest BCUT2D eigenvalue weighted by molar-refractivity contribution is 6.07. The molecule has 1 saturated carbocycles. The van der Waals surface area contributed by atoms with Crippen LogP contribution < -0.4 is 4.90 Å². The summed E-state index contributed by atoms with van der Waals surface area (Å²) >= 11 is 0. The fourth-order valence-corrected chi connectivity index (χ4v) is 7.23. The molecule has 4 fully saturated rings. The van der Waals surface area contributed by atoms with E-state index in [1.165, 1.54) is 41.3 Å². The second-order valence-electron chi connectivity index (χ2n) is 11.6. The Morgan fingerprint density at radius 1 is 1.08 bits per heavy atom. The molecule has 4 aliphatic rings. The number of aliphatic hydroxyl groups is 1.